The summed E-state index contributed by atoms with van der Waals surface area (Å²) in [4.78, 5) is 15.1. The van der Waals surface area contributed by atoms with Crippen LogP contribution in [0.4, 0.5) is 0 Å². The van der Waals surface area contributed by atoms with Crippen molar-refractivity contribution in [3.05, 3.63) is 54.0 Å². The molecule has 25 heavy (non-hydrogen) atoms. The second-order valence-electron chi connectivity index (χ2n) is 5.00. The summed E-state index contributed by atoms with van der Waals surface area (Å²) < 4.78 is 10.9. The fraction of sp³-hybridized carbons (Fsp3) is 0.294. The second-order valence-corrected chi connectivity index (χ2v) is 5.00. The van der Waals surface area contributed by atoms with Crippen LogP contribution in [0.3, 0.4) is 0 Å². The Kier molecular flexibility index (Phi) is 9.45. The van der Waals surface area contributed by atoms with Gasteiger partial charge in [-0.15, -0.1) is 24.0 Å². The van der Waals surface area contributed by atoms with Crippen LogP contribution in [0.15, 0.2) is 51.9 Å². The summed E-state index contributed by atoms with van der Waals surface area (Å²) in [5, 5.41) is 6.28. The van der Waals surface area contributed by atoms with Crippen LogP contribution in [0.5, 0.6) is 5.75 Å². The maximum atomic E-state index is 11.0. The van der Waals surface area contributed by atoms with Crippen LogP contribution in [-0.2, 0) is 6.54 Å². The minimum absolute atomic E-state index is 0. The first-order valence-electron chi connectivity index (χ1n) is 7.70. The fourth-order valence-corrected chi connectivity index (χ4v) is 1.98. The van der Waals surface area contributed by atoms with Crippen LogP contribution in [0, 0.1) is 0 Å². The topological polar surface area (TPSA) is 102 Å². The molecule has 0 fully saturated rings. The molecule has 8 heteroatoms. The van der Waals surface area contributed by atoms with Gasteiger partial charge in [0, 0.05) is 13.6 Å². The van der Waals surface area contributed by atoms with E-state index in [2.05, 4.69) is 15.6 Å². The Labute approximate surface area is 164 Å². The van der Waals surface area contributed by atoms with Crippen LogP contribution >= 0.6 is 24.0 Å². The molecule has 136 valence electrons. The number of nitrogens with one attached hydrogen (secondary N) is 2. The van der Waals surface area contributed by atoms with E-state index in [9.17, 15) is 4.79 Å². The summed E-state index contributed by atoms with van der Waals surface area (Å²) in [6.45, 7) is 1.75. The first kappa shape index (κ1) is 20.8. The van der Waals surface area contributed by atoms with Crippen LogP contribution in [0.2, 0.25) is 0 Å². The lowest BCUT2D eigenvalue weighted by Gasteiger charge is -2.11. The lowest BCUT2D eigenvalue weighted by molar-refractivity contribution is 0.0972. The molecule has 0 saturated carbocycles. The predicted molar refractivity (Wildman–Crippen MR) is 107 cm³/mol. The van der Waals surface area contributed by atoms with Gasteiger partial charge in [-0.05, 0) is 30.7 Å². The molecular weight excluding hydrogens is 435 g/mol. The number of aliphatic imine (C=N–C) groups is 1. The molecule has 4 N–H and O–H groups in total. The molecule has 0 aliphatic heterocycles. The molecule has 7 nitrogen and oxygen atoms in total. The second kappa shape index (κ2) is 11.3. The zero-order valence-corrected chi connectivity index (χ0v) is 16.4. The Bertz CT molecular complexity index is 674. The number of hydrogen-bond donors (Lipinski definition) is 3. The summed E-state index contributed by atoms with van der Waals surface area (Å²) >= 11 is 0. The van der Waals surface area contributed by atoms with Crippen LogP contribution < -0.4 is 21.1 Å². The van der Waals surface area contributed by atoms with Gasteiger partial charge in [-0.2, -0.15) is 0 Å². The highest BCUT2D eigenvalue weighted by Gasteiger charge is 2.07. The number of ether oxygens (including phenoxy) is 1. The number of nitrogens with zero attached hydrogens (tertiary/aromatic N) is 1. The predicted octanol–water partition coefficient (Wildman–Crippen LogP) is 2.13. The highest BCUT2D eigenvalue weighted by molar-refractivity contribution is 14.0. The number of hydrogen-bond acceptors (Lipinski definition) is 4. The smallest absolute Gasteiger partial charge is 0.284 e. The first-order valence-corrected chi connectivity index (χ1v) is 7.70. The van der Waals surface area contributed by atoms with Gasteiger partial charge in [0.1, 0.15) is 11.5 Å². The molecule has 0 bridgehead atoms. The van der Waals surface area contributed by atoms with E-state index in [1.807, 2.05) is 30.3 Å². The standard InChI is InChI=1S/C17H22N4O3.HI/c1-19-17(21-12-14-8-9-15(24-14)16(18)22)20-10-5-11-23-13-6-3-2-4-7-13;/h2-4,6-9H,5,10-12H2,1H3,(H2,18,22)(H2,19,20,21);1H. The third kappa shape index (κ3) is 7.46. The van der Waals surface area contributed by atoms with E-state index in [1.54, 1.807) is 19.2 Å². The minimum Gasteiger partial charge on any atom is -0.494 e. The van der Waals surface area contributed by atoms with E-state index >= 15 is 0 Å². The van der Waals surface area contributed by atoms with Crippen molar-refractivity contribution < 1.29 is 13.9 Å². The van der Waals surface area contributed by atoms with Crippen LogP contribution in [0.25, 0.3) is 0 Å². The maximum Gasteiger partial charge on any atom is 0.284 e. The Morgan fingerprint density at radius 3 is 2.60 bits per heavy atom. The Morgan fingerprint density at radius 1 is 1.20 bits per heavy atom. The number of carbonyl (C=O) groups excluding carboxylic acids is 1. The van der Waals surface area contributed by atoms with Crippen molar-refractivity contribution in [1.82, 2.24) is 10.6 Å². The number of rotatable bonds is 8. The molecule has 0 atom stereocenters. The van der Waals surface area contributed by atoms with E-state index in [-0.39, 0.29) is 29.7 Å². The van der Waals surface area contributed by atoms with Crippen molar-refractivity contribution in [2.75, 3.05) is 20.2 Å². The molecule has 0 spiro atoms. The van der Waals surface area contributed by atoms with Gasteiger partial charge < -0.3 is 25.5 Å². The van der Waals surface area contributed by atoms with Gasteiger partial charge >= 0.3 is 0 Å². The highest BCUT2D eigenvalue weighted by Crippen LogP contribution is 2.08. The highest BCUT2D eigenvalue weighted by atomic mass is 127. The molecule has 1 heterocycles. The number of carbonyl (C=O) groups is 1. The van der Waals surface area contributed by atoms with E-state index in [1.165, 1.54) is 0 Å². The van der Waals surface area contributed by atoms with Gasteiger partial charge in [0.25, 0.3) is 5.91 Å². The van der Waals surface area contributed by atoms with E-state index in [0.29, 0.717) is 24.9 Å². The summed E-state index contributed by atoms with van der Waals surface area (Å²) in [5.41, 5.74) is 5.14. The number of furan rings is 1. The van der Waals surface area contributed by atoms with Gasteiger partial charge in [-0.25, -0.2) is 0 Å². The largest absolute Gasteiger partial charge is 0.494 e. The summed E-state index contributed by atoms with van der Waals surface area (Å²) in [5.74, 6) is 1.68. The molecule has 1 aromatic carbocycles. The lowest BCUT2D eigenvalue weighted by atomic mass is 10.3. The molecule has 0 aliphatic rings. The number of amides is 1. The molecule has 0 aliphatic carbocycles. The van der Waals surface area contributed by atoms with E-state index in [0.717, 1.165) is 18.7 Å². The van der Waals surface area contributed by atoms with Gasteiger partial charge in [0.15, 0.2) is 11.7 Å². The molecule has 0 unspecified atom stereocenters. The van der Waals surface area contributed by atoms with Gasteiger partial charge in [0.05, 0.1) is 13.2 Å². The molecule has 0 radical (unpaired) electrons. The normalized spacial score (nSPS) is 10.7. The fourth-order valence-electron chi connectivity index (χ4n) is 1.98. The van der Waals surface area contributed by atoms with Gasteiger partial charge in [-0.3, -0.25) is 9.79 Å². The Hall–Kier alpha value is -2.23. The van der Waals surface area contributed by atoms with Crippen LogP contribution in [-0.4, -0.2) is 32.1 Å². The van der Waals surface area contributed by atoms with Crippen molar-refractivity contribution in [1.29, 1.82) is 0 Å². The van der Waals surface area contributed by atoms with Crippen molar-refractivity contribution in [2.45, 2.75) is 13.0 Å². The zero-order chi connectivity index (χ0) is 17.2. The maximum absolute atomic E-state index is 11.0. The number of primary amides is 1. The molecule has 1 aromatic heterocycles. The summed E-state index contributed by atoms with van der Waals surface area (Å²) in [6.07, 6.45) is 0.835. The number of halogens is 1. The van der Waals surface area contributed by atoms with Crippen molar-refractivity contribution in [3.63, 3.8) is 0 Å². The quantitative estimate of drug-likeness (QED) is 0.244. The third-order valence-corrected chi connectivity index (χ3v) is 3.18. The van der Waals surface area contributed by atoms with Crippen molar-refractivity contribution in [3.8, 4) is 5.75 Å². The lowest BCUT2D eigenvalue weighted by Crippen LogP contribution is -2.37. The summed E-state index contributed by atoms with van der Waals surface area (Å²) in [7, 11) is 1.69. The average Bonchev–Trinajstić information content (AvgIpc) is 3.07. The number of guanidine groups is 1. The number of benzene rings is 1. The first-order chi connectivity index (χ1) is 11.7. The Morgan fingerprint density at radius 2 is 1.96 bits per heavy atom. The Balaban J connectivity index is 0.00000312. The van der Waals surface area contributed by atoms with E-state index in [4.69, 9.17) is 14.9 Å². The zero-order valence-electron chi connectivity index (χ0n) is 14.0. The number of nitrogens with two attached hydrogens (primary N) is 1. The molecular formula is C17H23IN4O3. The third-order valence-electron chi connectivity index (χ3n) is 3.18. The van der Waals surface area contributed by atoms with Crippen molar-refractivity contribution >= 4 is 35.8 Å². The summed E-state index contributed by atoms with van der Waals surface area (Å²) in [6, 6.07) is 12.9. The monoisotopic (exact) mass is 458 g/mol. The molecule has 0 saturated heterocycles. The van der Waals surface area contributed by atoms with Gasteiger partial charge in [-0.1, -0.05) is 18.2 Å². The molecule has 2 rings (SSSR count). The molecule has 1 amide bonds. The van der Waals surface area contributed by atoms with E-state index < -0.39 is 5.91 Å². The minimum atomic E-state index is -0.581. The average molecular weight is 458 g/mol. The SMILES string of the molecule is CN=C(NCCCOc1ccccc1)NCc1ccc(C(N)=O)o1.I. The van der Waals surface area contributed by atoms with Crippen molar-refractivity contribution in [2.24, 2.45) is 10.7 Å². The molecule has 2 aromatic rings. The van der Waals surface area contributed by atoms with Gasteiger partial charge in [0.2, 0.25) is 0 Å². The number of para-hydroxylation sites is 1. The van der Waals surface area contributed by atoms with Crippen LogP contribution in [0.1, 0.15) is 22.7 Å².